The summed E-state index contributed by atoms with van der Waals surface area (Å²) in [7, 11) is 0. The summed E-state index contributed by atoms with van der Waals surface area (Å²) in [6.45, 7) is 2.54. The number of hydrogen-bond acceptors (Lipinski definition) is 4. The van der Waals surface area contributed by atoms with Crippen LogP contribution in [-0.4, -0.2) is 5.44 Å². The third-order valence-corrected chi connectivity index (χ3v) is 3.14. The highest BCUT2D eigenvalue weighted by Crippen LogP contribution is 2.19. The molecule has 2 aromatic rings. The maximum Gasteiger partial charge on any atom is 0.129 e. The summed E-state index contributed by atoms with van der Waals surface area (Å²) in [6.07, 6.45) is 3.34. The molecule has 0 bridgehead atoms. The topological polar surface area (TPSA) is 35.5 Å². The fourth-order valence-corrected chi connectivity index (χ4v) is 1.96. The van der Waals surface area contributed by atoms with Crippen molar-refractivity contribution in [3.05, 3.63) is 48.3 Å². The average molecular weight is 238 g/mol. The van der Waals surface area contributed by atoms with E-state index in [1.165, 1.54) is 0 Å². The van der Waals surface area contributed by atoms with E-state index in [0.29, 0.717) is 6.61 Å². The van der Waals surface area contributed by atoms with Gasteiger partial charge in [0.25, 0.3) is 0 Å². The van der Waals surface area contributed by atoms with E-state index >= 15 is 0 Å². The molecule has 16 heavy (non-hydrogen) atoms. The van der Waals surface area contributed by atoms with Gasteiger partial charge in [0, 0.05) is 0 Å². The molecule has 0 amide bonds. The monoisotopic (exact) mass is 238 g/mol. The quantitative estimate of drug-likeness (QED) is 0.719. The van der Waals surface area contributed by atoms with Crippen molar-refractivity contribution >= 4 is 11.8 Å². The van der Waals surface area contributed by atoms with Crippen molar-refractivity contribution in [3.8, 4) is 0 Å². The Labute approximate surface area is 98.8 Å². The zero-order valence-electron chi connectivity index (χ0n) is 9.09. The lowest BCUT2D eigenvalue weighted by atomic mass is 10.5. The van der Waals surface area contributed by atoms with E-state index in [1.54, 1.807) is 24.3 Å². The number of rotatable bonds is 6. The van der Waals surface area contributed by atoms with Crippen molar-refractivity contribution in [3.63, 3.8) is 0 Å². The molecule has 0 fully saturated rings. The Hall–Kier alpha value is -1.13. The number of thioether (sulfide) groups is 1. The van der Waals surface area contributed by atoms with Crippen LogP contribution in [0.3, 0.4) is 0 Å². The molecule has 4 heteroatoms. The molecular weight excluding hydrogens is 224 g/mol. The van der Waals surface area contributed by atoms with Crippen molar-refractivity contribution in [1.29, 1.82) is 0 Å². The van der Waals surface area contributed by atoms with Crippen molar-refractivity contribution in [2.45, 2.75) is 24.7 Å². The third kappa shape index (κ3) is 3.47. The highest BCUT2D eigenvalue weighted by molar-refractivity contribution is 7.98. The highest BCUT2D eigenvalue weighted by atomic mass is 32.2. The van der Waals surface area contributed by atoms with Gasteiger partial charge >= 0.3 is 0 Å². The fraction of sp³-hybridized carbons (Fsp3) is 0.333. The summed E-state index contributed by atoms with van der Waals surface area (Å²) < 4.78 is 16.0. The van der Waals surface area contributed by atoms with Crippen LogP contribution in [0.15, 0.2) is 45.6 Å². The molecule has 2 heterocycles. The minimum absolute atomic E-state index is 0.121. The summed E-state index contributed by atoms with van der Waals surface area (Å²) in [5, 5.41) is 0. The summed E-state index contributed by atoms with van der Waals surface area (Å²) in [5.41, 5.74) is 0.121. The first kappa shape index (κ1) is 11.4. The number of furan rings is 2. The van der Waals surface area contributed by atoms with Gasteiger partial charge in [-0.1, -0.05) is 0 Å². The number of ether oxygens (including phenoxy) is 1. The summed E-state index contributed by atoms with van der Waals surface area (Å²) >= 11 is 1.70. The van der Waals surface area contributed by atoms with Crippen LogP contribution < -0.4 is 0 Å². The molecule has 2 aromatic heterocycles. The van der Waals surface area contributed by atoms with Crippen LogP contribution in [0.4, 0.5) is 0 Å². The van der Waals surface area contributed by atoms with Crippen molar-refractivity contribution < 1.29 is 13.6 Å². The fourth-order valence-electron chi connectivity index (χ4n) is 1.24. The zero-order chi connectivity index (χ0) is 11.2. The SMILES string of the molecule is CC(OCc1ccco1)SCc1ccco1. The predicted octanol–water partition coefficient (Wildman–Crippen LogP) is 3.67. The van der Waals surface area contributed by atoms with Crippen LogP contribution in [0, 0.1) is 0 Å². The molecule has 1 unspecified atom stereocenters. The molecule has 0 spiro atoms. The molecule has 3 nitrogen and oxygen atoms in total. The Morgan fingerprint density at radius 1 is 1.19 bits per heavy atom. The standard InChI is InChI=1S/C12H14O3S/c1-10(15-8-11-4-2-6-13-11)16-9-12-5-3-7-14-12/h2-7,10H,8-9H2,1H3. The van der Waals surface area contributed by atoms with Gasteiger partial charge < -0.3 is 13.6 Å². The molecule has 0 radical (unpaired) electrons. The van der Waals surface area contributed by atoms with Crippen LogP contribution in [-0.2, 0) is 17.1 Å². The second-order valence-electron chi connectivity index (χ2n) is 3.35. The molecule has 0 aliphatic carbocycles. The maximum atomic E-state index is 5.61. The van der Waals surface area contributed by atoms with Crippen molar-refractivity contribution in [2.75, 3.05) is 0 Å². The van der Waals surface area contributed by atoms with Crippen LogP contribution in [0.5, 0.6) is 0 Å². The first-order valence-electron chi connectivity index (χ1n) is 5.12. The van der Waals surface area contributed by atoms with E-state index in [0.717, 1.165) is 17.3 Å². The lowest BCUT2D eigenvalue weighted by Crippen LogP contribution is -2.03. The Kier molecular flexibility index (Phi) is 4.13. The van der Waals surface area contributed by atoms with Gasteiger partial charge in [0.1, 0.15) is 23.6 Å². The minimum atomic E-state index is 0.121. The lowest BCUT2D eigenvalue weighted by Gasteiger charge is -2.10. The van der Waals surface area contributed by atoms with Crippen molar-refractivity contribution in [2.24, 2.45) is 0 Å². The molecule has 2 rings (SSSR count). The first-order chi connectivity index (χ1) is 7.84. The van der Waals surface area contributed by atoms with E-state index in [4.69, 9.17) is 13.6 Å². The molecule has 86 valence electrons. The van der Waals surface area contributed by atoms with Gasteiger partial charge in [0.15, 0.2) is 0 Å². The van der Waals surface area contributed by atoms with E-state index < -0.39 is 0 Å². The van der Waals surface area contributed by atoms with E-state index in [-0.39, 0.29) is 5.44 Å². The molecular formula is C12H14O3S. The smallest absolute Gasteiger partial charge is 0.129 e. The second-order valence-corrected chi connectivity index (χ2v) is 4.63. The van der Waals surface area contributed by atoms with E-state index in [9.17, 15) is 0 Å². The Morgan fingerprint density at radius 2 is 1.88 bits per heavy atom. The second kappa shape index (κ2) is 5.82. The third-order valence-electron chi connectivity index (χ3n) is 2.08. The Balaban J connectivity index is 1.66. The molecule has 0 aromatic carbocycles. The van der Waals surface area contributed by atoms with Gasteiger partial charge in [0.2, 0.25) is 0 Å². The van der Waals surface area contributed by atoms with Crippen LogP contribution in [0.2, 0.25) is 0 Å². The molecule has 0 aliphatic rings. The molecule has 0 saturated heterocycles. The van der Waals surface area contributed by atoms with E-state index in [1.807, 2.05) is 31.2 Å². The predicted molar refractivity (Wildman–Crippen MR) is 63.0 cm³/mol. The summed E-state index contributed by atoms with van der Waals surface area (Å²) in [5.74, 6) is 2.65. The number of hydrogen-bond donors (Lipinski definition) is 0. The van der Waals surface area contributed by atoms with Crippen LogP contribution >= 0.6 is 11.8 Å². The normalized spacial score (nSPS) is 12.8. The van der Waals surface area contributed by atoms with Crippen LogP contribution in [0.25, 0.3) is 0 Å². The summed E-state index contributed by atoms with van der Waals surface area (Å²) in [4.78, 5) is 0. The summed E-state index contributed by atoms with van der Waals surface area (Å²) in [6, 6.07) is 7.62. The molecule has 0 N–H and O–H groups in total. The zero-order valence-corrected chi connectivity index (χ0v) is 9.91. The average Bonchev–Trinajstić information content (AvgIpc) is 2.96. The van der Waals surface area contributed by atoms with Crippen molar-refractivity contribution in [1.82, 2.24) is 0 Å². The van der Waals surface area contributed by atoms with Gasteiger partial charge in [-0.3, -0.25) is 0 Å². The van der Waals surface area contributed by atoms with Gasteiger partial charge in [-0.15, -0.1) is 11.8 Å². The highest BCUT2D eigenvalue weighted by Gasteiger charge is 2.06. The van der Waals surface area contributed by atoms with Gasteiger partial charge in [0.05, 0.1) is 18.3 Å². The maximum absolute atomic E-state index is 5.61. The van der Waals surface area contributed by atoms with Crippen LogP contribution in [0.1, 0.15) is 18.4 Å². The van der Waals surface area contributed by atoms with Gasteiger partial charge in [-0.25, -0.2) is 0 Å². The largest absolute Gasteiger partial charge is 0.468 e. The molecule has 1 atom stereocenters. The van der Waals surface area contributed by atoms with E-state index in [2.05, 4.69) is 0 Å². The lowest BCUT2D eigenvalue weighted by molar-refractivity contribution is 0.0960. The first-order valence-corrected chi connectivity index (χ1v) is 6.17. The Bertz CT molecular complexity index is 342. The van der Waals surface area contributed by atoms with Gasteiger partial charge in [-0.2, -0.15) is 0 Å². The molecule has 0 saturated carbocycles. The van der Waals surface area contributed by atoms with Gasteiger partial charge in [-0.05, 0) is 31.2 Å². The minimum Gasteiger partial charge on any atom is -0.468 e. The molecule has 0 aliphatic heterocycles. The Morgan fingerprint density at radius 3 is 2.50 bits per heavy atom.